The first-order valence-electron chi connectivity index (χ1n) is 11.6. The fourth-order valence-electron chi connectivity index (χ4n) is 4.18. The summed E-state index contributed by atoms with van der Waals surface area (Å²) >= 11 is 0. The van der Waals surface area contributed by atoms with Crippen LogP contribution in [0.3, 0.4) is 0 Å². The van der Waals surface area contributed by atoms with E-state index in [2.05, 4.69) is 9.88 Å². The fourth-order valence-corrected chi connectivity index (χ4v) is 5.03. The number of amides is 1. The monoisotopic (exact) mass is 516 g/mol. The summed E-state index contributed by atoms with van der Waals surface area (Å²) in [5.74, 6) is -1.36. The van der Waals surface area contributed by atoms with Gasteiger partial charge >= 0.3 is 0 Å². The van der Waals surface area contributed by atoms with Crippen molar-refractivity contribution in [3.8, 4) is 11.1 Å². The van der Waals surface area contributed by atoms with E-state index in [1.807, 2.05) is 13.1 Å². The zero-order valence-corrected chi connectivity index (χ0v) is 21.2. The lowest BCUT2D eigenvalue weighted by Crippen LogP contribution is -2.50. The number of hydrogen-bond donors (Lipinski definition) is 2. The third-order valence-corrected chi connectivity index (χ3v) is 9.06. The molecule has 192 valence electrons. The van der Waals surface area contributed by atoms with Gasteiger partial charge in [0.05, 0.1) is 17.2 Å². The van der Waals surface area contributed by atoms with Crippen LogP contribution in [0, 0.1) is 5.82 Å². The molecule has 2 N–H and O–H groups in total. The molecule has 36 heavy (non-hydrogen) atoms. The van der Waals surface area contributed by atoms with Crippen molar-refractivity contribution >= 4 is 26.6 Å². The van der Waals surface area contributed by atoms with Crippen LogP contribution in [0.1, 0.15) is 31.7 Å². The highest BCUT2D eigenvalue weighted by Crippen LogP contribution is 2.29. The molecule has 0 bridgehead atoms. The Morgan fingerprint density at radius 2 is 1.92 bits per heavy atom. The van der Waals surface area contributed by atoms with Gasteiger partial charge in [0.15, 0.2) is 14.6 Å². The Labute approximate surface area is 208 Å². The van der Waals surface area contributed by atoms with E-state index in [-0.39, 0.29) is 18.8 Å². The molecule has 1 aliphatic rings. The SMILES string of the molecule is CN(Cc1ccc(-c2ccc3c(=O)n(CCC(C)(C(=O)NO)S(C)(=O)=O)cnc3c2)cc1F)C1CC1. The lowest BCUT2D eigenvalue weighted by molar-refractivity contribution is -0.131. The molecule has 0 saturated heterocycles. The molecule has 3 aromatic rings. The first-order valence-corrected chi connectivity index (χ1v) is 13.5. The zero-order valence-electron chi connectivity index (χ0n) is 20.4. The summed E-state index contributed by atoms with van der Waals surface area (Å²) in [7, 11) is -1.90. The Morgan fingerprint density at radius 1 is 1.25 bits per heavy atom. The first-order chi connectivity index (χ1) is 16.9. The Kier molecular flexibility index (Phi) is 7.00. The van der Waals surface area contributed by atoms with Gasteiger partial charge in [-0.25, -0.2) is 23.3 Å². The van der Waals surface area contributed by atoms with Gasteiger partial charge < -0.3 is 0 Å². The Bertz CT molecular complexity index is 1490. The van der Waals surface area contributed by atoms with Gasteiger partial charge in [0.1, 0.15) is 5.82 Å². The molecular formula is C25H29FN4O5S. The Morgan fingerprint density at radius 3 is 2.53 bits per heavy atom. The van der Waals surface area contributed by atoms with Gasteiger partial charge in [-0.15, -0.1) is 0 Å². The summed E-state index contributed by atoms with van der Waals surface area (Å²) in [6, 6.07) is 10.6. The molecule has 0 aliphatic heterocycles. The number of aryl methyl sites for hydroxylation is 1. The van der Waals surface area contributed by atoms with Crippen molar-refractivity contribution in [2.45, 2.75) is 50.1 Å². The average Bonchev–Trinajstić information content (AvgIpc) is 3.69. The number of carbonyl (C=O) groups is 1. The normalized spacial score (nSPS) is 15.7. The van der Waals surface area contributed by atoms with E-state index >= 15 is 0 Å². The largest absolute Gasteiger partial charge is 0.299 e. The number of nitrogens with one attached hydrogen (secondary N) is 1. The molecule has 4 rings (SSSR count). The van der Waals surface area contributed by atoms with Crippen LogP contribution in [-0.4, -0.2) is 58.1 Å². The third kappa shape index (κ3) is 5.04. The number of hydroxylamine groups is 1. The number of fused-ring (bicyclic) bond motifs is 1. The van der Waals surface area contributed by atoms with Crippen LogP contribution in [0.5, 0.6) is 0 Å². The zero-order chi connectivity index (χ0) is 26.3. The number of aromatic nitrogens is 2. The molecular weight excluding hydrogens is 487 g/mol. The summed E-state index contributed by atoms with van der Waals surface area (Å²) < 4.78 is 38.4. The second kappa shape index (κ2) is 9.72. The quantitative estimate of drug-likeness (QED) is 0.331. The maximum atomic E-state index is 14.8. The highest BCUT2D eigenvalue weighted by molar-refractivity contribution is 7.92. The van der Waals surface area contributed by atoms with Crippen LogP contribution < -0.4 is 11.0 Å². The smallest absolute Gasteiger partial charge is 0.264 e. The van der Waals surface area contributed by atoms with Crippen molar-refractivity contribution in [2.75, 3.05) is 13.3 Å². The molecule has 11 heteroatoms. The molecule has 1 heterocycles. The van der Waals surface area contributed by atoms with E-state index in [0.29, 0.717) is 40.2 Å². The number of carbonyl (C=O) groups excluding carboxylic acids is 1. The second-order valence-corrected chi connectivity index (χ2v) is 12.1. The predicted molar refractivity (Wildman–Crippen MR) is 134 cm³/mol. The standard InChI is InChI=1S/C25H29FN4O5S/c1-25(24(32)28-33,36(3,34)35)10-11-30-15-27-22-13-17(6-9-20(22)23(30)31)16-4-5-18(21(26)12-16)14-29(2)19-7-8-19/h4-6,9,12-13,15,19,33H,7-8,10-11,14H2,1-3H3,(H,28,32). The van der Waals surface area contributed by atoms with E-state index in [1.54, 1.807) is 24.3 Å². The predicted octanol–water partition coefficient (Wildman–Crippen LogP) is 2.50. The number of halogens is 1. The lowest BCUT2D eigenvalue weighted by Gasteiger charge is -2.25. The number of sulfone groups is 1. The van der Waals surface area contributed by atoms with Crippen LogP contribution in [0.25, 0.3) is 22.0 Å². The number of nitrogens with zero attached hydrogens (tertiary/aromatic N) is 3. The highest BCUT2D eigenvalue weighted by atomic mass is 32.2. The van der Waals surface area contributed by atoms with E-state index in [0.717, 1.165) is 19.1 Å². The van der Waals surface area contributed by atoms with Gasteiger partial charge in [0.2, 0.25) is 0 Å². The van der Waals surface area contributed by atoms with Crippen molar-refractivity contribution in [1.29, 1.82) is 0 Å². The average molecular weight is 517 g/mol. The molecule has 1 saturated carbocycles. The molecule has 0 radical (unpaired) electrons. The second-order valence-electron chi connectivity index (χ2n) is 9.62. The number of hydrogen-bond acceptors (Lipinski definition) is 7. The Hall–Kier alpha value is -3.15. The molecule has 1 unspecified atom stereocenters. The van der Waals surface area contributed by atoms with Gasteiger partial charge in [-0.3, -0.25) is 24.3 Å². The molecule has 1 aliphatic carbocycles. The van der Waals surface area contributed by atoms with E-state index in [4.69, 9.17) is 5.21 Å². The highest BCUT2D eigenvalue weighted by Gasteiger charge is 2.43. The van der Waals surface area contributed by atoms with Gasteiger partial charge in [-0.2, -0.15) is 0 Å². The first kappa shape index (κ1) is 25.9. The van der Waals surface area contributed by atoms with E-state index < -0.39 is 26.1 Å². The topological polar surface area (TPSA) is 122 Å². The summed E-state index contributed by atoms with van der Waals surface area (Å²) in [4.78, 5) is 31.5. The maximum absolute atomic E-state index is 14.8. The van der Waals surface area contributed by atoms with Crippen molar-refractivity contribution in [3.05, 3.63) is 64.5 Å². The molecule has 1 fully saturated rings. The van der Waals surface area contributed by atoms with Crippen molar-refractivity contribution in [1.82, 2.24) is 19.9 Å². The van der Waals surface area contributed by atoms with Crippen molar-refractivity contribution in [3.63, 3.8) is 0 Å². The third-order valence-electron chi connectivity index (χ3n) is 7.03. The van der Waals surface area contributed by atoms with Crippen molar-refractivity contribution < 1.29 is 22.8 Å². The van der Waals surface area contributed by atoms with Gasteiger partial charge in [0.25, 0.3) is 11.5 Å². The molecule has 1 amide bonds. The summed E-state index contributed by atoms with van der Waals surface area (Å²) in [6.45, 7) is 1.63. The fraction of sp³-hybridized carbons (Fsp3) is 0.400. The van der Waals surface area contributed by atoms with Crippen LogP contribution in [0.4, 0.5) is 4.39 Å². The summed E-state index contributed by atoms with van der Waals surface area (Å²) in [5, 5.41) is 9.27. The van der Waals surface area contributed by atoms with Gasteiger partial charge in [-0.05, 0) is 62.6 Å². The van der Waals surface area contributed by atoms with Crippen LogP contribution in [0.15, 0.2) is 47.5 Å². The lowest BCUT2D eigenvalue weighted by atomic mass is 10.0. The minimum atomic E-state index is -3.89. The molecule has 2 aromatic carbocycles. The Balaban J connectivity index is 1.58. The molecule has 9 nitrogen and oxygen atoms in total. The summed E-state index contributed by atoms with van der Waals surface area (Å²) in [5.41, 5.74) is 3.39. The minimum absolute atomic E-state index is 0.109. The number of rotatable bonds is 9. The molecule has 0 spiro atoms. The van der Waals surface area contributed by atoms with Crippen LogP contribution >= 0.6 is 0 Å². The van der Waals surface area contributed by atoms with Crippen LogP contribution in [0.2, 0.25) is 0 Å². The van der Waals surface area contributed by atoms with E-state index in [1.165, 1.54) is 29.4 Å². The van der Waals surface area contributed by atoms with Gasteiger partial charge in [0, 0.05) is 31.0 Å². The summed E-state index contributed by atoms with van der Waals surface area (Å²) in [6.07, 6.45) is 4.23. The van der Waals surface area contributed by atoms with Gasteiger partial charge in [-0.1, -0.05) is 18.2 Å². The van der Waals surface area contributed by atoms with E-state index in [9.17, 15) is 22.4 Å². The number of benzene rings is 2. The minimum Gasteiger partial charge on any atom is -0.299 e. The molecule has 1 atom stereocenters. The maximum Gasteiger partial charge on any atom is 0.264 e. The van der Waals surface area contributed by atoms with Crippen LogP contribution in [-0.2, 0) is 27.7 Å². The molecule has 1 aromatic heterocycles. The van der Waals surface area contributed by atoms with Crippen molar-refractivity contribution in [2.24, 2.45) is 0 Å².